The van der Waals surface area contributed by atoms with E-state index in [1.165, 1.54) is 17.7 Å². The van der Waals surface area contributed by atoms with E-state index in [1.807, 2.05) is 5.38 Å². The Kier molecular flexibility index (Phi) is 4.19. The SMILES string of the molecule is O=C(OCC(Cl)(Cl)Cl)N1Cc2ccc(F)cc2C12CCc1ccsc12. The molecule has 1 aliphatic carbocycles. The van der Waals surface area contributed by atoms with Crippen LogP contribution in [0, 0.1) is 5.82 Å². The van der Waals surface area contributed by atoms with Crippen molar-refractivity contribution in [1.82, 2.24) is 4.90 Å². The minimum atomic E-state index is -1.68. The van der Waals surface area contributed by atoms with Crippen molar-refractivity contribution in [1.29, 1.82) is 0 Å². The van der Waals surface area contributed by atoms with E-state index in [-0.39, 0.29) is 12.4 Å². The first kappa shape index (κ1) is 17.4. The van der Waals surface area contributed by atoms with Gasteiger partial charge in [-0.1, -0.05) is 40.9 Å². The summed E-state index contributed by atoms with van der Waals surface area (Å²) in [4.78, 5) is 15.5. The van der Waals surface area contributed by atoms with Gasteiger partial charge in [-0.05, 0) is 53.1 Å². The van der Waals surface area contributed by atoms with Gasteiger partial charge in [0.05, 0.1) is 6.54 Å². The van der Waals surface area contributed by atoms with Gasteiger partial charge in [0, 0.05) is 4.88 Å². The van der Waals surface area contributed by atoms with Crippen molar-refractivity contribution in [3.63, 3.8) is 0 Å². The Hall–Kier alpha value is -1.01. The van der Waals surface area contributed by atoms with Gasteiger partial charge < -0.3 is 4.74 Å². The van der Waals surface area contributed by atoms with E-state index in [0.29, 0.717) is 13.0 Å². The fourth-order valence-corrected chi connectivity index (χ4v) is 5.17. The van der Waals surface area contributed by atoms with E-state index in [4.69, 9.17) is 39.5 Å². The van der Waals surface area contributed by atoms with Crippen molar-refractivity contribution in [3.05, 3.63) is 57.0 Å². The van der Waals surface area contributed by atoms with Crippen molar-refractivity contribution >= 4 is 52.2 Å². The summed E-state index contributed by atoms with van der Waals surface area (Å²) in [6.45, 7) is -0.00325. The van der Waals surface area contributed by atoms with Crippen LogP contribution in [0.3, 0.4) is 0 Å². The highest BCUT2D eigenvalue weighted by Gasteiger charge is 2.54. The van der Waals surface area contributed by atoms with Gasteiger partial charge >= 0.3 is 6.09 Å². The van der Waals surface area contributed by atoms with Crippen molar-refractivity contribution in [2.24, 2.45) is 0 Å². The zero-order valence-corrected chi connectivity index (χ0v) is 16.0. The van der Waals surface area contributed by atoms with Crippen LogP contribution >= 0.6 is 46.1 Å². The summed E-state index contributed by atoms with van der Waals surface area (Å²) in [6, 6.07) is 6.70. The summed E-state index contributed by atoms with van der Waals surface area (Å²) < 4.78 is 17.5. The van der Waals surface area contributed by atoms with Gasteiger partial charge in [0.2, 0.25) is 3.79 Å². The molecule has 132 valence electrons. The largest absolute Gasteiger partial charge is 0.445 e. The smallest absolute Gasteiger partial charge is 0.411 e. The highest BCUT2D eigenvalue weighted by atomic mass is 35.6. The molecule has 8 heteroatoms. The lowest BCUT2D eigenvalue weighted by atomic mass is 9.88. The number of hydrogen-bond acceptors (Lipinski definition) is 3. The second-order valence-corrected chi connectivity index (χ2v) is 9.62. The summed E-state index contributed by atoms with van der Waals surface area (Å²) in [5.41, 5.74) is 2.21. The zero-order valence-electron chi connectivity index (χ0n) is 12.9. The van der Waals surface area contributed by atoms with E-state index in [1.54, 1.807) is 22.3 Å². The number of benzene rings is 1. The molecule has 1 aromatic carbocycles. The maximum absolute atomic E-state index is 13.9. The van der Waals surface area contributed by atoms with Crippen molar-refractivity contribution in [2.75, 3.05) is 6.61 Å². The lowest BCUT2D eigenvalue weighted by molar-refractivity contribution is 0.0701. The minimum absolute atomic E-state index is 0.320. The molecule has 0 bridgehead atoms. The van der Waals surface area contributed by atoms with Crippen molar-refractivity contribution < 1.29 is 13.9 Å². The first-order chi connectivity index (χ1) is 11.8. The number of hydrogen-bond donors (Lipinski definition) is 0. The van der Waals surface area contributed by atoms with Crippen LogP contribution in [0.5, 0.6) is 0 Å². The van der Waals surface area contributed by atoms with Crippen molar-refractivity contribution in [3.8, 4) is 0 Å². The molecule has 0 fully saturated rings. The maximum atomic E-state index is 13.9. The number of thiophene rings is 1. The van der Waals surface area contributed by atoms with Crippen LogP contribution in [-0.2, 0) is 23.2 Å². The molecule has 1 atom stereocenters. The van der Waals surface area contributed by atoms with Crippen LogP contribution < -0.4 is 0 Å². The Labute approximate surface area is 163 Å². The Bertz CT molecular complexity index is 851. The molecule has 1 aromatic heterocycles. The van der Waals surface area contributed by atoms with Crippen LogP contribution in [0.25, 0.3) is 0 Å². The van der Waals surface area contributed by atoms with Gasteiger partial charge in [-0.3, -0.25) is 4.90 Å². The summed E-state index contributed by atoms with van der Waals surface area (Å²) in [5, 5.41) is 1.99. The third-order valence-corrected chi connectivity index (χ3v) is 6.20. The molecule has 2 aliphatic rings. The predicted molar refractivity (Wildman–Crippen MR) is 97.0 cm³/mol. The second kappa shape index (κ2) is 6.02. The number of carbonyl (C=O) groups excluding carboxylic acids is 1. The number of rotatable bonds is 1. The molecule has 3 nitrogen and oxygen atoms in total. The monoisotopic (exact) mass is 419 g/mol. The molecule has 25 heavy (non-hydrogen) atoms. The molecular weight excluding hydrogens is 408 g/mol. The molecule has 2 heterocycles. The van der Waals surface area contributed by atoms with Crippen LogP contribution in [0.2, 0.25) is 0 Å². The molecule has 0 radical (unpaired) electrons. The standard InChI is InChI=1S/C17H13Cl3FNO2S/c18-17(19,20)9-24-15(23)22-8-11-1-2-12(21)7-13(11)16(22)5-3-10-4-6-25-14(10)16/h1-2,4,6-7H,3,5,8-9H2. The van der Waals surface area contributed by atoms with E-state index in [0.717, 1.165) is 22.4 Å². The quantitative estimate of drug-likeness (QED) is 0.578. The molecule has 0 saturated carbocycles. The molecule has 1 spiro atoms. The molecule has 1 unspecified atom stereocenters. The number of carbonyl (C=O) groups is 1. The number of alkyl halides is 3. The summed E-state index contributed by atoms with van der Waals surface area (Å²) in [6.07, 6.45) is 0.946. The van der Waals surface area contributed by atoms with E-state index >= 15 is 0 Å². The number of amides is 1. The molecule has 0 N–H and O–H groups in total. The average Bonchev–Trinajstić information content (AvgIpc) is 3.21. The second-order valence-electron chi connectivity index (χ2n) is 6.19. The first-order valence-corrected chi connectivity index (χ1v) is 9.69. The zero-order chi connectivity index (χ0) is 17.8. The van der Waals surface area contributed by atoms with Crippen molar-refractivity contribution in [2.45, 2.75) is 28.7 Å². The predicted octanol–water partition coefficient (Wildman–Crippen LogP) is 5.40. The molecule has 0 saturated heterocycles. The molecule has 1 aliphatic heterocycles. The van der Waals surface area contributed by atoms with E-state index in [9.17, 15) is 9.18 Å². The highest BCUT2D eigenvalue weighted by molar-refractivity contribution is 7.10. The number of halogens is 4. The molecular formula is C17H13Cl3FNO2S. The highest BCUT2D eigenvalue weighted by Crippen LogP contribution is 2.54. The lowest BCUT2D eigenvalue weighted by Crippen LogP contribution is -2.44. The van der Waals surface area contributed by atoms with Crippen LogP contribution in [0.4, 0.5) is 9.18 Å². The summed E-state index contributed by atoms with van der Waals surface area (Å²) >= 11 is 18.7. The Morgan fingerprint density at radius 3 is 2.88 bits per heavy atom. The van der Waals surface area contributed by atoms with Gasteiger partial charge in [-0.25, -0.2) is 9.18 Å². The molecule has 4 rings (SSSR count). The average molecular weight is 421 g/mol. The maximum Gasteiger partial charge on any atom is 0.411 e. The van der Waals surface area contributed by atoms with Gasteiger partial charge in [0.25, 0.3) is 0 Å². The van der Waals surface area contributed by atoms with E-state index < -0.39 is 15.4 Å². The van der Waals surface area contributed by atoms with Crippen LogP contribution in [-0.4, -0.2) is 21.4 Å². The topological polar surface area (TPSA) is 29.5 Å². The molecule has 1 amide bonds. The lowest BCUT2D eigenvalue weighted by Gasteiger charge is -2.35. The minimum Gasteiger partial charge on any atom is -0.445 e. The number of nitrogens with zero attached hydrogens (tertiary/aromatic N) is 1. The number of fused-ring (bicyclic) bond motifs is 4. The summed E-state index contributed by atoms with van der Waals surface area (Å²) in [5.74, 6) is -0.320. The molecule has 2 aromatic rings. The van der Waals surface area contributed by atoms with Crippen LogP contribution in [0.15, 0.2) is 29.6 Å². The normalized spacial score (nSPS) is 21.5. The van der Waals surface area contributed by atoms with Gasteiger partial charge in [-0.15, -0.1) is 11.3 Å². The Morgan fingerprint density at radius 1 is 1.32 bits per heavy atom. The first-order valence-electron chi connectivity index (χ1n) is 7.68. The fraction of sp³-hybridized carbons (Fsp3) is 0.353. The van der Waals surface area contributed by atoms with Gasteiger partial charge in [0.1, 0.15) is 18.0 Å². The third-order valence-electron chi connectivity index (χ3n) is 4.76. The van der Waals surface area contributed by atoms with Gasteiger partial charge in [-0.2, -0.15) is 0 Å². The number of aryl methyl sites for hydroxylation is 1. The van der Waals surface area contributed by atoms with E-state index in [2.05, 4.69) is 6.07 Å². The van der Waals surface area contributed by atoms with Crippen LogP contribution in [0.1, 0.15) is 28.0 Å². The van der Waals surface area contributed by atoms with Gasteiger partial charge in [0.15, 0.2) is 0 Å². The fourth-order valence-electron chi connectivity index (χ4n) is 3.80. The number of ether oxygens (including phenoxy) is 1. The summed E-state index contributed by atoms with van der Waals surface area (Å²) in [7, 11) is 0. The Morgan fingerprint density at radius 2 is 2.12 bits per heavy atom. The third kappa shape index (κ3) is 2.81. The Balaban J connectivity index is 1.77.